The van der Waals surface area contributed by atoms with E-state index in [4.69, 9.17) is 10.5 Å². The van der Waals surface area contributed by atoms with Gasteiger partial charge in [0.1, 0.15) is 23.7 Å². The molecule has 1 aromatic carbocycles. The third-order valence-corrected chi connectivity index (χ3v) is 6.22. The van der Waals surface area contributed by atoms with Crippen LogP contribution in [0.5, 0.6) is 5.75 Å². The van der Waals surface area contributed by atoms with Gasteiger partial charge in [-0.25, -0.2) is 4.98 Å². The van der Waals surface area contributed by atoms with Crippen LogP contribution in [0, 0.1) is 29.6 Å². The van der Waals surface area contributed by atoms with Crippen LogP contribution in [0.4, 0.5) is 11.5 Å². The molecule has 6 heteroatoms. The Morgan fingerprint density at radius 1 is 1.13 bits per heavy atom. The number of hydrogen-bond donors (Lipinski definition) is 1. The summed E-state index contributed by atoms with van der Waals surface area (Å²) in [6.07, 6.45) is 5.72. The molecule has 0 bridgehead atoms. The predicted octanol–water partition coefficient (Wildman–Crippen LogP) is 4.69. The fourth-order valence-corrected chi connectivity index (χ4v) is 4.52. The molecule has 0 saturated carbocycles. The van der Waals surface area contributed by atoms with Crippen LogP contribution in [0.3, 0.4) is 0 Å². The summed E-state index contributed by atoms with van der Waals surface area (Å²) in [5.74, 6) is 0.931. The molecular weight excluding hydrogens is 386 g/mol. The molecular formula is C25H25N5O. The Balaban J connectivity index is 1.85. The van der Waals surface area contributed by atoms with Gasteiger partial charge in [0, 0.05) is 36.0 Å². The van der Waals surface area contributed by atoms with E-state index < -0.39 is 0 Å². The molecule has 31 heavy (non-hydrogen) atoms. The maximum absolute atomic E-state index is 9.75. The number of aromatic nitrogens is 1. The van der Waals surface area contributed by atoms with Crippen LogP contribution < -0.4 is 15.4 Å². The van der Waals surface area contributed by atoms with Gasteiger partial charge in [-0.1, -0.05) is 0 Å². The quantitative estimate of drug-likeness (QED) is 0.786. The lowest BCUT2D eigenvalue weighted by Crippen LogP contribution is -2.29. The summed E-state index contributed by atoms with van der Waals surface area (Å²) in [7, 11) is 1.67. The Kier molecular flexibility index (Phi) is 5.40. The van der Waals surface area contributed by atoms with Crippen molar-refractivity contribution in [2.45, 2.75) is 33.1 Å². The number of pyridine rings is 1. The van der Waals surface area contributed by atoms with Gasteiger partial charge in [-0.05, 0) is 68.0 Å². The van der Waals surface area contributed by atoms with Crippen molar-refractivity contribution in [2.24, 2.45) is 0 Å². The first-order valence-electron chi connectivity index (χ1n) is 10.5. The summed E-state index contributed by atoms with van der Waals surface area (Å²) < 4.78 is 5.72. The van der Waals surface area contributed by atoms with Crippen LogP contribution >= 0.6 is 0 Å². The number of nitrogens with two attached hydrogens (primary N) is 1. The Bertz CT molecular complexity index is 1200. The van der Waals surface area contributed by atoms with Crippen LogP contribution in [0.15, 0.2) is 23.8 Å². The lowest BCUT2D eigenvalue weighted by Gasteiger charge is -2.29. The molecule has 1 saturated heterocycles. The Hall–Kier alpha value is -3.77. The lowest BCUT2D eigenvalue weighted by atomic mass is 9.95. The largest absolute Gasteiger partial charge is 0.496 e. The van der Waals surface area contributed by atoms with Crippen LogP contribution in [-0.2, 0) is 0 Å². The topological polar surface area (TPSA) is 99.0 Å². The van der Waals surface area contributed by atoms with E-state index in [9.17, 15) is 10.5 Å². The molecule has 1 fully saturated rings. The molecule has 4 rings (SSSR count). The molecule has 2 N–H and O–H groups in total. The van der Waals surface area contributed by atoms with Crippen LogP contribution in [0.1, 0.15) is 54.1 Å². The Morgan fingerprint density at radius 3 is 2.52 bits per heavy atom. The predicted molar refractivity (Wildman–Crippen MR) is 123 cm³/mol. The standard InChI is InChI=1S/C25H25N5O/c1-15-19(23-16(2)21(14-27)25(28)29-24(23)20(15)13-26)11-17-7-8-18(12-22(17)31-3)30-9-5-4-6-10-30/h7-8,11-12H,4-6,9-10H2,1-3H3,(H2,28,29)/b19-11-. The van der Waals surface area contributed by atoms with Crippen molar-refractivity contribution in [3.63, 3.8) is 0 Å². The Morgan fingerprint density at radius 2 is 1.87 bits per heavy atom. The molecule has 0 amide bonds. The van der Waals surface area contributed by atoms with E-state index in [-0.39, 0.29) is 5.82 Å². The second-order valence-corrected chi connectivity index (χ2v) is 7.98. The molecule has 156 valence electrons. The van der Waals surface area contributed by atoms with Gasteiger partial charge >= 0.3 is 0 Å². The average Bonchev–Trinajstić information content (AvgIpc) is 3.05. The van der Waals surface area contributed by atoms with Crippen molar-refractivity contribution in [1.29, 1.82) is 10.5 Å². The number of anilines is 2. The van der Waals surface area contributed by atoms with Crippen molar-refractivity contribution in [3.8, 4) is 17.9 Å². The lowest BCUT2D eigenvalue weighted by molar-refractivity contribution is 0.413. The molecule has 0 unspecified atom stereocenters. The number of hydrogen-bond acceptors (Lipinski definition) is 6. The van der Waals surface area contributed by atoms with Gasteiger partial charge in [0.25, 0.3) is 0 Å². The molecule has 2 aliphatic rings. The van der Waals surface area contributed by atoms with Crippen molar-refractivity contribution in [2.75, 3.05) is 30.8 Å². The highest BCUT2D eigenvalue weighted by Gasteiger charge is 2.30. The summed E-state index contributed by atoms with van der Waals surface area (Å²) in [4.78, 5) is 6.79. The number of nitrogen functional groups attached to an aromatic ring is 1. The van der Waals surface area contributed by atoms with Crippen LogP contribution in [0.25, 0.3) is 17.2 Å². The first-order chi connectivity index (χ1) is 15.0. The number of benzene rings is 1. The highest BCUT2D eigenvalue weighted by Crippen LogP contribution is 2.45. The second-order valence-electron chi connectivity index (χ2n) is 7.98. The molecule has 1 aliphatic heterocycles. The number of fused-ring (bicyclic) bond motifs is 1. The average molecular weight is 412 g/mol. The van der Waals surface area contributed by atoms with Gasteiger partial charge in [0.05, 0.1) is 23.9 Å². The van der Waals surface area contributed by atoms with Crippen molar-refractivity contribution in [3.05, 3.63) is 51.7 Å². The van der Waals surface area contributed by atoms with E-state index in [2.05, 4.69) is 40.2 Å². The summed E-state index contributed by atoms with van der Waals surface area (Å²) in [5.41, 5.74) is 12.7. The van der Waals surface area contributed by atoms with E-state index in [0.717, 1.165) is 52.4 Å². The van der Waals surface area contributed by atoms with Crippen LogP contribution in [-0.4, -0.2) is 25.2 Å². The number of nitrogens with zero attached hydrogens (tertiary/aromatic N) is 4. The molecule has 2 aromatic rings. The van der Waals surface area contributed by atoms with Crippen molar-refractivity contribution >= 4 is 28.7 Å². The summed E-state index contributed by atoms with van der Waals surface area (Å²) >= 11 is 0. The minimum atomic E-state index is 0.156. The van der Waals surface area contributed by atoms with Crippen LogP contribution in [0.2, 0.25) is 0 Å². The summed E-state index contributed by atoms with van der Waals surface area (Å²) in [6.45, 7) is 5.89. The van der Waals surface area contributed by atoms with E-state index in [1.807, 2.05) is 19.9 Å². The number of rotatable bonds is 3. The number of methoxy groups -OCH3 is 1. The maximum atomic E-state index is 9.75. The first-order valence-corrected chi connectivity index (χ1v) is 10.5. The zero-order chi connectivity index (χ0) is 22.1. The SMILES string of the molecule is COc1cc(N2CCCCC2)ccc1/C=C1/C(C)=C(C#N)c2nc(N)c(C#N)c(C)c21. The fourth-order valence-electron chi connectivity index (χ4n) is 4.52. The molecule has 0 spiro atoms. The molecule has 1 aliphatic carbocycles. The van der Waals surface area contributed by atoms with Gasteiger partial charge in [-0.3, -0.25) is 0 Å². The third-order valence-electron chi connectivity index (χ3n) is 6.22. The Labute approximate surface area is 182 Å². The van der Waals surface area contributed by atoms with E-state index >= 15 is 0 Å². The minimum absolute atomic E-state index is 0.156. The van der Waals surface area contributed by atoms with E-state index in [0.29, 0.717) is 16.8 Å². The molecule has 0 radical (unpaired) electrons. The summed E-state index contributed by atoms with van der Waals surface area (Å²) in [6, 6.07) is 10.7. The number of piperidine rings is 1. The fraction of sp³-hybridized carbons (Fsp3) is 0.320. The normalized spacial score (nSPS) is 16.8. The zero-order valence-corrected chi connectivity index (χ0v) is 18.1. The van der Waals surface area contributed by atoms with Gasteiger partial charge < -0.3 is 15.4 Å². The van der Waals surface area contributed by atoms with E-state index in [1.165, 1.54) is 19.3 Å². The van der Waals surface area contributed by atoms with Gasteiger partial charge in [0.15, 0.2) is 0 Å². The number of ether oxygens (including phenoxy) is 1. The van der Waals surface area contributed by atoms with Crippen molar-refractivity contribution in [1.82, 2.24) is 4.98 Å². The highest BCUT2D eigenvalue weighted by atomic mass is 16.5. The first kappa shape index (κ1) is 20.5. The molecule has 1 aromatic heterocycles. The molecule has 2 heterocycles. The molecule has 0 atom stereocenters. The zero-order valence-electron chi connectivity index (χ0n) is 18.1. The monoisotopic (exact) mass is 411 g/mol. The van der Waals surface area contributed by atoms with Gasteiger partial charge in [0.2, 0.25) is 0 Å². The van der Waals surface area contributed by atoms with Crippen molar-refractivity contribution < 1.29 is 4.74 Å². The molecule has 6 nitrogen and oxygen atoms in total. The van der Waals surface area contributed by atoms with Gasteiger partial charge in [-0.15, -0.1) is 0 Å². The number of allylic oxidation sites excluding steroid dienone is 3. The highest BCUT2D eigenvalue weighted by molar-refractivity contribution is 6.09. The van der Waals surface area contributed by atoms with E-state index in [1.54, 1.807) is 7.11 Å². The smallest absolute Gasteiger partial charge is 0.142 e. The van der Waals surface area contributed by atoms with Gasteiger partial charge in [-0.2, -0.15) is 10.5 Å². The second kappa shape index (κ2) is 8.16. The minimum Gasteiger partial charge on any atom is -0.496 e. The number of nitriles is 2. The summed E-state index contributed by atoms with van der Waals surface area (Å²) in [5, 5.41) is 19.3. The third kappa shape index (κ3) is 3.41. The maximum Gasteiger partial charge on any atom is 0.142 e.